The van der Waals surface area contributed by atoms with Crippen molar-refractivity contribution in [2.24, 2.45) is 5.73 Å². The molecular weight excluding hydrogens is 383 g/mol. The molecule has 2 aromatic carbocycles. The molecule has 10 heteroatoms. The summed E-state index contributed by atoms with van der Waals surface area (Å²) in [6.45, 7) is -0.206. The maximum absolute atomic E-state index is 14.0. The van der Waals surface area contributed by atoms with Gasteiger partial charge >= 0.3 is 12.4 Å². The molecule has 0 amide bonds. The highest BCUT2D eigenvalue weighted by atomic mass is 19.4. The Morgan fingerprint density at radius 3 is 2.11 bits per heavy atom. The van der Waals surface area contributed by atoms with Crippen molar-refractivity contribution in [3.05, 3.63) is 47.3 Å². The largest absolute Gasteiger partial charge is 0.486 e. The molecule has 1 aliphatic rings. The molecule has 27 heavy (non-hydrogen) atoms. The molecule has 3 nitrogen and oxygen atoms in total. The molecule has 0 aromatic heterocycles. The highest BCUT2D eigenvalue weighted by Gasteiger charge is 2.42. The van der Waals surface area contributed by atoms with Gasteiger partial charge in [-0.2, -0.15) is 26.3 Å². The van der Waals surface area contributed by atoms with Crippen molar-refractivity contribution in [1.82, 2.24) is 0 Å². The first-order valence-electron chi connectivity index (χ1n) is 7.63. The zero-order valence-electron chi connectivity index (χ0n) is 13.4. The van der Waals surface area contributed by atoms with Gasteiger partial charge < -0.3 is 15.2 Å². The van der Waals surface area contributed by atoms with E-state index in [-0.39, 0.29) is 18.9 Å². The van der Waals surface area contributed by atoms with Gasteiger partial charge in [-0.15, -0.1) is 0 Å². The Bertz CT molecular complexity index is 829. The average molecular weight is 395 g/mol. The second kappa shape index (κ2) is 6.59. The minimum atomic E-state index is -5.11. The van der Waals surface area contributed by atoms with Gasteiger partial charge in [-0.1, -0.05) is 6.07 Å². The summed E-state index contributed by atoms with van der Waals surface area (Å²) in [5.74, 6) is -1.77. The van der Waals surface area contributed by atoms with E-state index in [0.717, 1.165) is 6.07 Å². The molecule has 0 unspecified atom stereocenters. The van der Waals surface area contributed by atoms with Gasteiger partial charge in [0.15, 0.2) is 11.5 Å². The van der Waals surface area contributed by atoms with Gasteiger partial charge in [0.25, 0.3) is 0 Å². The molecule has 1 atom stereocenters. The zero-order chi connectivity index (χ0) is 20.0. The molecule has 1 heterocycles. The summed E-state index contributed by atoms with van der Waals surface area (Å²) in [4.78, 5) is 0. The number of hydrogen-bond acceptors (Lipinski definition) is 3. The summed E-state index contributed by atoms with van der Waals surface area (Å²) < 4.78 is 105. The van der Waals surface area contributed by atoms with Gasteiger partial charge in [0.2, 0.25) is 0 Å². The molecule has 0 spiro atoms. The molecule has 0 bridgehead atoms. The van der Waals surface area contributed by atoms with E-state index in [9.17, 15) is 30.7 Å². The molecule has 0 radical (unpaired) electrons. The Kier molecular flexibility index (Phi) is 4.71. The maximum atomic E-state index is 14.0. The Morgan fingerprint density at radius 2 is 1.59 bits per heavy atom. The highest BCUT2D eigenvalue weighted by molar-refractivity contribution is 5.80. The lowest BCUT2D eigenvalue weighted by molar-refractivity contribution is -0.142. The van der Waals surface area contributed by atoms with Crippen molar-refractivity contribution in [3.63, 3.8) is 0 Å². The fraction of sp³-hybridized carbons (Fsp3) is 0.294. The molecule has 0 saturated heterocycles. The van der Waals surface area contributed by atoms with E-state index in [2.05, 4.69) is 0 Å². The number of hydrogen-bond donors (Lipinski definition) is 1. The first kappa shape index (κ1) is 19.3. The van der Waals surface area contributed by atoms with Crippen LogP contribution < -0.4 is 15.2 Å². The molecular formula is C17H12F7NO2. The van der Waals surface area contributed by atoms with E-state index in [4.69, 9.17) is 15.2 Å². The van der Waals surface area contributed by atoms with Crippen LogP contribution in [0, 0.1) is 5.82 Å². The lowest BCUT2D eigenvalue weighted by Gasteiger charge is -2.29. The van der Waals surface area contributed by atoms with Gasteiger partial charge in [-0.25, -0.2) is 4.39 Å². The zero-order valence-corrected chi connectivity index (χ0v) is 13.4. The van der Waals surface area contributed by atoms with Gasteiger partial charge in [0.05, 0.1) is 11.1 Å². The number of ether oxygens (including phenoxy) is 2. The van der Waals surface area contributed by atoms with Gasteiger partial charge in [0.1, 0.15) is 18.5 Å². The van der Waals surface area contributed by atoms with Crippen LogP contribution in [-0.2, 0) is 12.4 Å². The van der Waals surface area contributed by atoms with Crippen LogP contribution in [0.4, 0.5) is 30.7 Å². The van der Waals surface area contributed by atoms with E-state index in [1.165, 1.54) is 0 Å². The molecule has 0 saturated carbocycles. The topological polar surface area (TPSA) is 44.5 Å². The number of benzene rings is 2. The molecule has 146 valence electrons. The summed E-state index contributed by atoms with van der Waals surface area (Å²) in [5.41, 5.74) is 0.374. The second-order valence-corrected chi connectivity index (χ2v) is 5.79. The van der Waals surface area contributed by atoms with Crippen LogP contribution in [0.1, 0.15) is 11.1 Å². The first-order valence-corrected chi connectivity index (χ1v) is 7.63. The second-order valence-electron chi connectivity index (χ2n) is 5.79. The van der Waals surface area contributed by atoms with Crippen molar-refractivity contribution >= 4 is 0 Å². The molecule has 0 fully saturated rings. The van der Waals surface area contributed by atoms with E-state index in [0.29, 0.717) is 24.3 Å². The van der Waals surface area contributed by atoms with E-state index in [1.807, 2.05) is 0 Å². The quantitative estimate of drug-likeness (QED) is 0.755. The summed E-state index contributed by atoms with van der Waals surface area (Å²) in [7, 11) is 0. The van der Waals surface area contributed by atoms with Gasteiger partial charge in [-0.3, -0.25) is 0 Å². The lowest BCUT2D eigenvalue weighted by atomic mass is 9.92. The number of fused-ring (bicyclic) bond motifs is 1. The number of nitrogens with two attached hydrogens (primary N) is 1. The van der Waals surface area contributed by atoms with Gasteiger partial charge in [-0.05, 0) is 18.2 Å². The summed E-state index contributed by atoms with van der Waals surface area (Å²) >= 11 is 0. The van der Waals surface area contributed by atoms with Crippen LogP contribution in [0.25, 0.3) is 11.1 Å². The molecule has 1 aliphatic heterocycles. The van der Waals surface area contributed by atoms with E-state index >= 15 is 0 Å². The minimum Gasteiger partial charge on any atom is -0.486 e. The molecule has 2 N–H and O–H groups in total. The van der Waals surface area contributed by atoms with Crippen molar-refractivity contribution in [2.45, 2.75) is 18.5 Å². The predicted octanol–water partition coefficient (Wildman–Crippen LogP) is 4.63. The summed E-state index contributed by atoms with van der Waals surface area (Å²) in [6.07, 6.45) is -11.0. The van der Waals surface area contributed by atoms with Crippen molar-refractivity contribution in [2.75, 3.05) is 13.2 Å². The Hall–Kier alpha value is -2.49. The first-order chi connectivity index (χ1) is 12.5. The highest BCUT2D eigenvalue weighted by Crippen LogP contribution is 2.50. The fourth-order valence-electron chi connectivity index (χ4n) is 2.80. The predicted molar refractivity (Wildman–Crippen MR) is 80.8 cm³/mol. The Labute approximate surface area is 148 Å². The fourth-order valence-corrected chi connectivity index (χ4v) is 2.80. The van der Waals surface area contributed by atoms with Crippen molar-refractivity contribution in [1.29, 1.82) is 0 Å². The third-order valence-electron chi connectivity index (χ3n) is 3.94. The van der Waals surface area contributed by atoms with Crippen LogP contribution in [0.5, 0.6) is 11.5 Å². The molecule has 2 aromatic rings. The molecule has 3 rings (SSSR count). The third-order valence-corrected chi connectivity index (χ3v) is 3.94. The van der Waals surface area contributed by atoms with Crippen LogP contribution in [0.2, 0.25) is 0 Å². The third kappa shape index (κ3) is 3.66. The average Bonchev–Trinajstić information content (AvgIpc) is 2.58. The Morgan fingerprint density at radius 1 is 1.00 bits per heavy atom. The van der Waals surface area contributed by atoms with Crippen LogP contribution in [0.3, 0.4) is 0 Å². The SMILES string of the molecule is NC[C@H]1COc2cc(F)cc(-c3c(C(F)(F)F)cccc3C(F)(F)F)c2O1. The van der Waals surface area contributed by atoms with Crippen molar-refractivity contribution < 1.29 is 40.2 Å². The summed E-state index contributed by atoms with van der Waals surface area (Å²) in [6, 6.07) is 3.01. The van der Waals surface area contributed by atoms with E-state index < -0.39 is 52.3 Å². The minimum absolute atomic E-state index is 0.0939. The number of halogens is 7. The number of rotatable bonds is 2. The maximum Gasteiger partial charge on any atom is 0.417 e. The van der Waals surface area contributed by atoms with Gasteiger partial charge in [0, 0.05) is 23.7 Å². The number of alkyl halides is 6. The van der Waals surface area contributed by atoms with Crippen LogP contribution in [-0.4, -0.2) is 19.3 Å². The smallest absolute Gasteiger partial charge is 0.417 e. The Balaban J connectivity index is 2.36. The normalized spacial score (nSPS) is 17.1. The molecule has 0 aliphatic carbocycles. The van der Waals surface area contributed by atoms with Crippen molar-refractivity contribution in [3.8, 4) is 22.6 Å². The summed E-state index contributed by atoms with van der Waals surface area (Å²) in [5, 5.41) is 0. The monoisotopic (exact) mass is 395 g/mol. The van der Waals surface area contributed by atoms with Crippen LogP contribution in [0.15, 0.2) is 30.3 Å². The van der Waals surface area contributed by atoms with Crippen LogP contribution >= 0.6 is 0 Å². The van der Waals surface area contributed by atoms with E-state index in [1.54, 1.807) is 0 Å². The lowest BCUT2D eigenvalue weighted by Crippen LogP contribution is -2.36. The standard InChI is InChI=1S/C17H12F7NO2/c18-8-4-10(15-13(5-8)26-7-9(6-25)27-15)14-11(16(19,20)21)2-1-3-12(14)17(22,23)24/h1-5,9H,6-7,25H2/t9-/m0/s1.